The molecule has 142 valence electrons. The Labute approximate surface area is 163 Å². The van der Waals surface area contributed by atoms with Gasteiger partial charge < -0.3 is 14.8 Å². The molecule has 2 aromatic carbocycles. The van der Waals surface area contributed by atoms with Crippen molar-refractivity contribution in [1.29, 1.82) is 0 Å². The second-order valence-corrected chi connectivity index (χ2v) is 6.49. The quantitative estimate of drug-likeness (QED) is 0.564. The van der Waals surface area contributed by atoms with Crippen molar-refractivity contribution in [3.8, 4) is 22.9 Å². The summed E-state index contributed by atoms with van der Waals surface area (Å²) in [7, 11) is 3.25. The lowest BCUT2D eigenvalue weighted by molar-refractivity contribution is 0.395. The van der Waals surface area contributed by atoms with E-state index in [1.165, 1.54) is 5.56 Å². The number of hydrogen-bond acceptors (Lipinski definition) is 6. The van der Waals surface area contributed by atoms with Crippen molar-refractivity contribution in [3.63, 3.8) is 0 Å². The summed E-state index contributed by atoms with van der Waals surface area (Å²) in [5, 5.41) is 8.03. The summed E-state index contributed by atoms with van der Waals surface area (Å²) in [5.74, 6) is 3.30. The van der Waals surface area contributed by atoms with E-state index in [1.807, 2.05) is 55.5 Å². The molecule has 0 atom stereocenters. The van der Waals surface area contributed by atoms with Gasteiger partial charge >= 0.3 is 0 Å². The molecule has 0 aliphatic carbocycles. The summed E-state index contributed by atoms with van der Waals surface area (Å²) in [6.07, 6.45) is 0. The van der Waals surface area contributed by atoms with Gasteiger partial charge in [-0.15, -0.1) is 5.10 Å². The maximum atomic E-state index is 5.48. The molecule has 7 nitrogen and oxygen atoms in total. The molecule has 0 radical (unpaired) electrons. The van der Waals surface area contributed by atoms with Gasteiger partial charge in [-0.3, -0.25) is 0 Å². The van der Waals surface area contributed by atoms with E-state index in [4.69, 9.17) is 9.47 Å². The van der Waals surface area contributed by atoms with Gasteiger partial charge in [0.15, 0.2) is 5.82 Å². The van der Waals surface area contributed by atoms with Crippen LogP contribution in [0.1, 0.15) is 11.3 Å². The molecule has 0 saturated carbocycles. The third-order valence-corrected chi connectivity index (χ3v) is 4.42. The number of methoxy groups -OCH3 is 2. The van der Waals surface area contributed by atoms with E-state index in [2.05, 4.69) is 27.3 Å². The molecule has 0 unspecified atom stereocenters. The molecule has 2 heterocycles. The lowest BCUT2D eigenvalue weighted by Gasteiger charge is -2.13. The van der Waals surface area contributed by atoms with Gasteiger partial charge in [-0.05, 0) is 26.0 Å². The van der Waals surface area contributed by atoms with Gasteiger partial charge in [0.2, 0.25) is 0 Å². The van der Waals surface area contributed by atoms with Crippen molar-refractivity contribution in [2.75, 3.05) is 19.5 Å². The summed E-state index contributed by atoms with van der Waals surface area (Å²) in [6, 6.07) is 15.6. The molecular formula is C21H21N5O2. The van der Waals surface area contributed by atoms with Gasteiger partial charge in [-0.25, -0.2) is 4.98 Å². The zero-order valence-electron chi connectivity index (χ0n) is 16.2. The Morgan fingerprint density at radius 1 is 0.893 bits per heavy atom. The second kappa shape index (κ2) is 7.19. The summed E-state index contributed by atoms with van der Waals surface area (Å²) < 4.78 is 12.5. The molecule has 0 spiro atoms. The van der Waals surface area contributed by atoms with Crippen molar-refractivity contribution < 1.29 is 9.47 Å². The highest BCUT2D eigenvalue weighted by Gasteiger charge is 2.13. The van der Waals surface area contributed by atoms with Crippen LogP contribution in [-0.4, -0.2) is 33.8 Å². The van der Waals surface area contributed by atoms with Crippen LogP contribution < -0.4 is 14.8 Å². The van der Waals surface area contributed by atoms with E-state index in [0.717, 1.165) is 28.5 Å². The molecule has 0 bridgehead atoms. The minimum atomic E-state index is 0.533. The average molecular weight is 375 g/mol. The second-order valence-electron chi connectivity index (χ2n) is 6.49. The fraction of sp³-hybridized carbons (Fsp3) is 0.190. The largest absolute Gasteiger partial charge is 0.497 e. The Balaban J connectivity index is 1.78. The van der Waals surface area contributed by atoms with Crippen molar-refractivity contribution in [2.24, 2.45) is 0 Å². The third kappa shape index (κ3) is 3.34. The van der Waals surface area contributed by atoms with Crippen LogP contribution in [-0.2, 0) is 0 Å². The zero-order valence-corrected chi connectivity index (χ0v) is 16.2. The summed E-state index contributed by atoms with van der Waals surface area (Å²) in [5.41, 5.74) is 3.77. The molecule has 0 saturated heterocycles. The highest BCUT2D eigenvalue weighted by atomic mass is 16.5. The van der Waals surface area contributed by atoms with Gasteiger partial charge in [0, 0.05) is 23.4 Å². The number of anilines is 2. The minimum Gasteiger partial charge on any atom is -0.497 e. The van der Waals surface area contributed by atoms with Crippen LogP contribution in [0.2, 0.25) is 0 Å². The number of aromatic nitrogens is 4. The van der Waals surface area contributed by atoms with Crippen LogP contribution in [0, 0.1) is 13.8 Å². The number of hydrogen-bond donors (Lipinski definition) is 1. The number of benzene rings is 2. The third-order valence-electron chi connectivity index (χ3n) is 4.42. The molecule has 0 amide bonds. The van der Waals surface area contributed by atoms with E-state index >= 15 is 0 Å². The Morgan fingerprint density at radius 3 is 2.39 bits per heavy atom. The van der Waals surface area contributed by atoms with Crippen LogP contribution in [0.15, 0.2) is 48.5 Å². The van der Waals surface area contributed by atoms with Crippen molar-refractivity contribution >= 4 is 17.3 Å². The van der Waals surface area contributed by atoms with Crippen LogP contribution >= 0.6 is 0 Å². The Morgan fingerprint density at radius 2 is 1.68 bits per heavy atom. The standard InChI is InChI=1S/C21H21N5O2/c1-13-5-7-15(8-6-13)20-24-21-22-14(2)11-19(26(21)25-20)23-17-10-9-16(27-3)12-18(17)28-4/h5-12,23H,1-4H3. The molecule has 2 aromatic heterocycles. The first-order chi connectivity index (χ1) is 13.6. The molecule has 4 aromatic rings. The van der Waals surface area contributed by atoms with Gasteiger partial charge in [0.1, 0.15) is 17.3 Å². The Hall–Kier alpha value is -3.61. The minimum absolute atomic E-state index is 0.533. The molecule has 0 aliphatic rings. The molecular weight excluding hydrogens is 354 g/mol. The van der Waals surface area contributed by atoms with Crippen LogP contribution in [0.25, 0.3) is 17.2 Å². The fourth-order valence-corrected chi connectivity index (χ4v) is 2.94. The Kier molecular flexibility index (Phi) is 4.57. The Bertz CT molecular complexity index is 1140. The first-order valence-corrected chi connectivity index (χ1v) is 8.88. The molecule has 0 aliphatic heterocycles. The van der Waals surface area contributed by atoms with Crippen molar-refractivity contribution in [3.05, 3.63) is 59.8 Å². The summed E-state index contributed by atoms with van der Waals surface area (Å²) >= 11 is 0. The monoisotopic (exact) mass is 375 g/mol. The maximum absolute atomic E-state index is 5.48. The average Bonchev–Trinajstić information content (AvgIpc) is 3.13. The molecule has 7 heteroatoms. The first kappa shape index (κ1) is 17.8. The van der Waals surface area contributed by atoms with E-state index < -0.39 is 0 Å². The highest BCUT2D eigenvalue weighted by molar-refractivity contribution is 5.68. The van der Waals surface area contributed by atoms with Crippen molar-refractivity contribution in [2.45, 2.75) is 13.8 Å². The van der Waals surface area contributed by atoms with E-state index in [1.54, 1.807) is 18.7 Å². The number of nitrogens with one attached hydrogen (secondary N) is 1. The van der Waals surface area contributed by atoms with Crippen LogP contribution in [0.4, 0.5) is 11.5 Å². The number of fused-ring (bicyclic) bond motifs is 1. The zero-order chi connectivity index (χ0) is 19.7. The van der Waals surface area contributed by atoms with E-state index in [-0.39, 0.29) is 0 Å². The number of ether oxygens (including phenoxy) is 2. The maximum Gasteiger partial charge on any atom is 0.254 e. The summed E-state index contributed by atoms with van der Waals surface area (Å²) in [6.45, 7) is 3.98. The topological polar surface area (TPSA) is 73.6 Å². The fourth-order valence-electron chi connectivity index (χ4n) is 2.94. The number of nitrogens with zero attached hydrogens (tertiary/aromatic N) is 4. The molecule has 0 fully saturated rings. The van der Waals surface area contributed by atoms with Gasteiger partial charge in [0.25, 0.3) is 5.78 Å². The lowest BCUT2D eigenvalue weighted by atomic mass is 10.1. The smallest absolute Gasteiger partial charge is 0.254 e. The predicted octanol–water partition coefficient (Wildman–Crippen LogP) is 4.17. The molecule has 1 N–H and O–H groups in total. The van der Waals surface area contributed by atoms with Crippen LogP contribution in [0.5, 0.6) is 11.5 Å². The highest BCUT2D eigenvalue weighted by Crippen LogP contribution is 2.31. The number of rotatable bonds is 5. The first-order valence-electron chi connectivity index (χ1n) is 8.88. The van der Waals surface area contributed by atoms with Gasteiger partial charge in [-0.2, -0.15) is 9.50 Å². The lowest BCUT2D eigenvalue weighted by Crippen LogP contribution is -2.04. The van der Waals surface area contributed by atoms with E-state index in [9.17, 15) is 0 Å². The van der Waals surface area contributed by atoms with Crippen LogP contribution in [0.3, 0.4) is 0 Å². The van der Waals surface area contributed by atoms with Gasteiger partial charge in [0.05, 0.1) is 19.9 Å². The summed E-state index contributed by atoms with van der Waals surface area (Å²) in [4.78, 5) is 9.10. The number of aryl methyl sites for hydroxylation is 2. The predicted molar refractivity (Wildman–Crippen MR) is 109 cm³/mol. The molecule has 28 heavy (non-hydrogen) atoms. The van der Waals surface area contributed by atoms with Gasteiger partial charge in [-0.1, -0.05) is 29.8 Å². The normalized spacial score (nSPS) is 10.9. The van der Waals surface area contributed by atoms with Crippen molar-refractivity contribution in [1.82, 2.24) is 19.6 Å². The molecule has 4 rings (SSSR count). The SMILES string of the molecule is COc1ccc(Nc2cc(C)nc3nc(-c4ccc(C)cc4)nn23)c(OC)c1. The van der Waals surface area contributed by atoms with E-state index in [0.29, 0.717) is 17.4 Å².